The normalized spacial score (nSPS) is 17.5. The van der Waals surface area contributed by atoms with Crippen molar-refractivity contribution in [2.45, 2.75) is 62.9 Å². The molecule has 1 aliphatic heterocycles. The first-order valence-electron chi connectivity index (χ1n) is 12.1. The van der Waals surface area contributed by atoms with Crippen LogP contribution >= 0.6 is 0 Å². The van der Waals surface area contributed by atoms with Gasteiger partial charge in [0.05, 0.1) is 16.1 Å². The van der Waals surface area contributed by atoms with Crippen molar-refractivity contribution in [1.29, 1.82) is 0 Å². The lowest BCUT2D eigenvalue weighted by Gasteiger charge is -2.30. The molecule has 1 heterocycles. The molecule has 0 spiro atoms. The molecule has 1 fully saturated rings. The highest BCUT2D eigenvalue weighted by Crippen LogP contribution is 2.31. The monoisotopic (exact) mass is 484 g/mol. The Hall–Kier alpha value is -2.87. The number of carbonyl (C=O) groups is 2. The molecule has 0 saturated heterocycles. The Morgan fingerprint density at radius 2 is 1.74 bits per heavy atom. The number of amides is 1. The van der Waals surface area contributed by atoms with E-state index in [1.807, 2.05) is 24.3 Å². The number of esters is 1. The highest BCUT2D eigenvalue weighted by molar-refractivity contribution is 7.92. The SMILES string of the molecule is CC(OC(=O)c1ccc(S(=O)(=O)N2CCCc3ccccc32)cc1)C(=O)NCC1CCCCC1. The van der Waals surface area contributed by atoms with Crippen molar-refractivity contribution in [3.63, 3.8) is 0 Å². The van der Waals surface area contributed by atoms with E-state index in [9.17, 15) is 18.0 Å². The van der Waals surface area contributed by atoms with Crippen LogP contribution in [0.3, 0.4) is 0 Å². The topological polar surface area (TPSA) is 92.8 Å². The Morgan fingerprint density at radius 1 is 1.03 bits per heavy atom. The number of nitrogens with zero attached hydrogens (tertiary/aromatic N) is 1. The largest absolute Gasteiger partial charge is 0.449 e. The molecule has 1 unspecified atom stereocenters. The van der Waals surface area contributed by atoms with Crippen LogP contribution in [0, 0.1) is 5.92 Å². The van der Waals surface area contributed by atoms with Crippen LogP contribution in [0.15, 0.2) is 53.4 Å². The number of sulfonamides is 1. The van der Waals surface area contributed by atoms with Crippen LogP contribution < -0.4 is 9.62 Å². The van der Waals surface area contributed by atoms with Crippen LogP contribution in [0.2, 0.25) is 0 Å². The zero-order chi connectivity index (χ0) is 24.1. The van der Waals surface area contributed by atoms with Crippen molar-refractivity contribution in [2.75, 3.05) is 17.4 Å². The summed E-state index contributed by atoms with van der Waals surface area (Å²) >= 11 is 0. The number of rotatable bonds is 7. The first kappa shape index (κ1) is 24.3. The van der Waals surface area contributed by atoms with Gasteiger partial charge in [0.25, 0.3) is 15.9 Å². The molecular weight excluding hydrogens is 452 g/mol. The molecule has 2 aliphatic rings. The third-order valence-electron chi connectivity index (χ3n) is 6.69. The number of benzene rings is 2. The second-order valence-electron chi connectivity index (χ2n) is 9.13. The minimum atomic E-state index is -3.76. The van der Waals surface area contributed by atoms with Gasteiger partial charge in [0.1, 0.15) is 0 Å². The van der Waals surface area contributed by atoms with Crippen molar-refractivity contribution in [2.24, 2.45) is 5.92 Å². The van der Waals surface area contributed by atoms with E-state index in [1.165, 1.54) is 47.8 Å². The summed E-state index contributed by atoms with van der Waals surface area (Å²) in [6.07, 6.45) is 6.55. The zero-order valence-corrected chi connectivity index (χ0v) is 20.4. The fraction of sp³-hybridized carbons (Fsp3) is 0.462. The first-order chi connectivity index (χ1) is 16.4. The molecular formula is C26H32N2O5S. The maximum atomic E-state index is 13.3. The minimum absolute atomic E-state index is 0.110. The average molecular weight is 485 g/mol. The Morgan fingerprint density at radius 3 is 2.47 bits per heavy atom. The van der Waals surface area contributed by atoms with Gasteiger partial charge in [0.2, 0.25) is 0 Å². The van der Waals surface area contributed by atoms with Crippen LogP contribution in [0.4, 0.5) is 5.69 Å². The van der Waals surface area contributed by atoms with Crippen molar-refractivity contribution < 1.29 is 22.7 Å². The second kappa shape index (κ2) is 10.6. The van der Waals surface area contributed by atoms with Gasteiger partial charge in [0.15, 0.2) is 6.10 Å². The molecule has 8 heteroatoms. The number of anilines is 1. The van der Waals surface area contributed by atoms with Gasteiger partial charge < -0.3 is 10.1 Å². The summed E-state index contributed by atoms with van der Waals surface area (Å²) in [4.78, 5) is 25.0. The molecule has 1 atom stereocenters. The van der Waals surface area contributed by atoms with Crippen LogP contribution in [0.5, 0.6) is 0 Å². The molecule has 2 aromatic carbocycles. The van der Waals surface area contributed by atoms with Gasteiger partial charge in [-0.2, -0.15) is 0 Å². The number of nitrogens with one attached hydrogen (secondary N) is 1. The van der Waals surface area contributed by atoms with Gasteiger partial charge in [-0.3, -0.25) is 9.10 Å². The van der Waals surface area contributed by atoms with E-state index in [0.717, 1.165) is 31.2 Å². The maximum absolute atomic E-state index is 13.3. The summed E-state index contributed by atoms with van der Waals surface area (Å²) in [7, 11) is -3.76. The fourth-order valence-corrected chi connectivity index (χ4v) is 6.24. The number of carbonyl (C=O) groups excluding carboxylic acids is 2. The predicted octanol–water partition coefficient (Wildman–Crippen LogP) is 4.07. The van der Waals surface area contributed by atoms with Crippen LogP contribution in [-0.2, 0) is 26.0 Å². The van der Waals surface area contributed by atoms with Gasteiger partial charge in [-0.15, -0.1) is 0 Å². The lowest BCUT2D eigenvalue weighted by atomic mass is 9.89. The Kier molecular flexibility index (Phi) is 7.56. The van der Waals surface area contributed by atoms with E-state index in [-0.39, 0.29) is 16.4 Å². The van der Waals surface area contributed by atoms with Gasteiger partial charge in [-0.1, -0.05) is 37.5 Å². The Bertz CT molecular complexity index is 1120. The number of fused-ring (bicyclic) bond motifs is 1. The van der Waals surface area contributed by atoms with E-state index in [1.54, 1.807) is 6.92 Å². The quantitative estimate of drug-likeness (QED) is 0.598. The maximum Gasteiger partial charge on any atom is 0.338 e. The van der Waals surface area contributed by atoms with Crippen LogP contribution in [-0.4, -0.2) is 39.5 Å². The lowest BCUT2D eigenvalue weighted by Crippen LogP contribution is -2.38. The standard InChI is InChI=1S/C26H32N2O5S/c1-19(25(29)27-18-20-8-3-2-4-9-20)33-26(30)22-13-15-23(16-14-22)34(31,32)28-17-7-11-21-10-5-6-12-24(21)28/h5-6,10,12-16,19-20H,2-4,7-9,11,17-18H2,1H3,(H,27,29). The highest BCUT2D eigenvalue weighted by atomic mass is 32.2. The molecule has 2 aromatic rings. The van der Waals surface area contributed by atoms with Crippen LogP contribution in [0.25, 0.3) is 0 Å². The average Bonchev–Trinajstić information content (AvgIpc) is 2.87. The van der Waals surface area contributed by atoms with E-state index in [4.69, 9.17) is 4.74 Å². The summed E-state index contributed by atoms with van der Waals surface area (Å²) in [6.45, 7) is 2.56. The van der Waals surface area contributed by atoms with Crippen molar-refractivity contribution in [3.05, 3.63) is 59.7 Å². The van der Waals surface area contributed by atoms with E-state index >= 15 is 0 Å². The Labute approximate surface area is 201 Å². The summed E-state index contributed by atoms with van der Waals surface area (Å²) in [5, 5.41) is 2.88. The van der Waals surface area contributed by atoms with E-state index in [2.05, 4.69) is 5.32 Å². The van der Waals surface area contributed by atoms with Gasteiger partial charge in [-0.05, 0) is 74.4 Å². The Balaban J connectivity index is 1.37. The van der Waals surface area contributed by atoms with Crippen molar-refractivity contribution in [1.82, 2.24) is 5.32 Å². The molecule has 1 N–H and O–H groups in total. The number of hydrogen-bond acceptors (Lipinski definition) is 5. The number of para-hydroxylation sites is 1. The van der Waals surface area contributed by atoms with Gasteiger partial charge in [0, 0.05) is 13.1 Å². The molecule has 0 radical (unpaired) electrons. The van der Waals surface area contributed by atoms with E-state index in [0.29, 0.717) is 24.7 Å². The van der Waals surface area contributed by atoms with Gasteiger partial charge in [-0.25, -0.2) is 13.2 Å². The number of aryl methyl sites for hydroxylation is 1. The number of hydrogen-bond donors (Lipinski definition) is 1. The first-order valence-corrected chi connectivity index (χ1v) is 13.5. The molecule has 7 nitrogen and oxygen atoms in total. The predicted molar refractivity (Wildman–Crippen MR) is 130 cm³/mol. The minimum Gasteiger partial charge on any atom is -0.449 e. The molecule has 4 rings (SSSR count). The van der Waals surface area contributed by atoms with Crippen molar-refractivity contribution in [3.8, 4) is 0 Å². The summed E-state index contributed by atoms with van der Waals surface area (Å²) < 4.78 is 33.3. The molecule has 0 bridgehead atoms. The molecule has 182 valence electrons. The molecule has 0 aromatic heterocycles. The summed E-state index contributed by atoms with van der Waals surface area (Å²) in [6, 6.07) is 13.2. The third kappa shape index (κ3) is 5.43. The highest BCUT2D eigenvalue weighted by Gasteiger charge is 2.29. The zero-order valence-electron chi connectivity index (χ0n) is 19.5. The smallest absolute Gasteiger partial charge is 0.338 e. The molecule has 1 amide bonds. The second-order valence-corrected chi connectivity index (χ2v) is 11.0. The van der Waals surface area contributed by atoms with E-state index < -0.39 is 22.1 Å². The van der Waals surface area contributed by atoms with Crippen LogP contribution in [0.1, 0.15) is 61.4 Å². The fourth-order valence-electron chi connectivity index (χ4n) is 4.70. The summed E-state index contributed by atoms with van der Waals surface area (Å²) in [5.41, 5.74) is 1.91. The molecule has 1 saturated carbocycles. The summed E-state index contributed by atoms with van der Waals surface area (Å²) in [5.74, 6) is -0.489. The third-order valence-corrected chi connectivity index (χ3v) is 8.52. The molecule has 1 aliphatic carbocycles. The molecule has 34 heavy (non-hydrogen) atoms. The lowest BCUT2D eigenvalue weighted by molar-refractivity contribution is -0.129. The number of ether oxygens (including phenoxy) is 1. The van der Waals surface area contributed by atoms with Gasteiger partial charge >= 0.3 is 5.97 Å². The van der Waals surface area contributed by atoms with Crippen molar-refractivity contribution >= 4 is 27.6 Å².